The average Bonchev–Trinajstić information content (AvgIpc) is 3.12. The number of aromatic nitrogens is 1. The van der Waals surface area contributed by atoms with Crippen molar-refractivity contribution in [2.45, 2.75) is 91.3 Å². The average molecular weight is 594 g/mol. The van der Waals surface area contributed by atoms with Gasteiger partial charge in [0.05, 0.1) is 11.2 Å². The number of halogens is 2. The van der Waals surface area contributed by atoms with Gasteiger partial charge < -0.3 is 9.31 Å². The minimum atomic E-state index is -0.482. The zero-order valence-electron chi connectivity index (χ0n) is 23.5. The first-order valence-electron chi connectivity index (χ1n) is 13.8. The number of aryl methyl sites for hydroxylation is 2. The molecule has 1 aliphatic heterocycles. The molecule has 2 aliphatic carbocycles. The molecule has 2 heterocycles. The van der Waals surface area contributed by atoms with Gasteiger partial charge in [-0.05, 0) is 92.6 Å². The Balaban J connectivity index is 0.000000185. The van der Waals surface area contributed by atoms with Gasteiger partial charge in [-0.2, -0.15) is 0 Å². The topological polar surface area (TPSA) is 65.5 Å². The van der Waals surface area contributed by atoms with Crippen LogP contribution in [0.25, 0.3) is 0 Å². The summed E-state index contributed by atoms with van der Waals surface area (Å²) >= 11 is 12.8. The van der Waals surface area contributed by atoms with E-state index in [4.69, 9.17) is 32.5 Å². The Morgan fingerprint density at radius 2 is 1.34 bits per heavy atom. The third kappa shape index (κ3) is 6.94. The van der Waals surface area contributed by atoms with Crippen LogP contribution in [0.4, 0.5) is 0 Å². The summed E-state index contributed by atoms with van der Waals surface area (Å²) in [6.45, 7) is 8.07. The minimum absolute atomic E-state index is 0. The van der Waals surface area contributed by atoms with Crippen molar-refractivity contribution in [1.82, 2.24) is 4.98 Å². The van der Waals surface area contributed by atoms with Crippen LogP contribution < -0.4 is 5.46 Å². The normalized spacial score (nSPS) is 18.5. The minimum Gasteiger partial charge on any atom is -0.399 e. The quantitative estimate of drug-likeness (QED) is 0.315. The molecule has 1 saturated heterocycles. The highest BCUT2D eigenvalue weighted by atomic mass is 35.5. The molecule has 0 radical (unpaired) electrons. The van der Waals surface area contributed by atoms with Crippen molar-refractivity contribution in [2.24, 2.45) is 0 Å². The number of carbonyl (C=O) groups is 2. The molecule has 216 valence electrons. The van der Waals surface area contributed by atoms with E-state index in [1.807, 2.05) is 64.1 Å². The molecule has 0 unspecified atom stereocenters. The van der Waals surface area contributed by atoms with E-state index in [9.17, 15) is 9.59 Å². The Kier molecular flexibility index (Phi) is 9.50. The Bertz CT molecular complexity index is 1440. The molecule has 41 heavy (non-hydrogen) atoms. The van der Waals surface area contributed by atoms with Crippen molar-refractivity contribution in [3.63, 3.8) is 0 Å². The van der Waals surface area contributed by atoms with Gasteiger partial charge in [-0.1, -0.05) is 48.8 Å². The smallest absolute Gasteiger partial charge is 0.399 e. The maximum Gasteiger partial charge on any atom is 0.496 e. The van der Waals surface area contributed by atoms with E-state index in [1.54, 1.807) is 6.20 Å². The van der Waals surface area contributed by atoms with Gasteiger partial charge in [-0.25, -0.2) is 0 Å². The van der Waals surface area contributed by atoms with Gasteiger partial charge in [-0.15, -0.1) is 0 Å². The summed E-state index contributed by atoms with van der Waals surface area (Å²) < 4.78 is 12.1. The second-order valence-corrected chi connectivity index (χ2v) is 12.7. The molecule has 3 aliphatic rings. The maximum atomic E-state index is 11.7. The van der Waals surface area contributed by atoms with Crippen molar-refractivity contribution < 1.29 is 18.9 Å². The van der Waals surface area contributed by atoms with Crippen molar-refractivity contribution >= 4 is 47.3 Å². The fraction of sp³-hybridized carbons (Fsp3) is 0.424. The number of pyridine rings is 1. The summed E-state index contributed by atoms with van der Waals surface area (Å²) in [7, 11) is -0.482. The van der Waals surface area contributed by atoms with E-state index < -0.39 is 18.3 Å². The van der Waals surface area contributed by atoms with Crippen LogP contribution >= 0.6 is 23.2 Å². The summed E-state index contributed by atoms with van der Waals surface area (Å²) in [5, 5.41) is 1.43. The summed E-state index contributed by atoms with van der Waals surface area (Å²) in [6.07, 6.45) is 6.37. The Morgan fingerprint density at radius 1 is 0.780 bits per heavy atom. The summed E-state index contributed by atoms with van der Waals surface area (Å²) in [5.41, 5.74) is 6.64. The first-order valence-corrected chi connectivity index (χ1v) is 14.6. The lowest BCUT2D eigenvalue weighted by atomic mass is 9.76. The molecular formula is C33H38BCl2NO4. The number of nitrogens with zero attached hydrogens (tertiary/aromatic N) is 1. The van der Waals surface area contributed by atoms with Crippen LogP contribution in [0.1, 0.15) is 81.5 Å². The first kappa shape index (κ1) is 31.4. The molecule has 1 fully saturated rings. The van der Waals surface area contributed by atoms with Gasteiger partial charge in [0.2, 0.25) is 0 Å². The van der Waals surface area contributed by atoms with Crippen LogP contribution in [0.15, 0.2) is 48.7 Å². The van der Waals surface area contributed by atoms with Gasteiger partial charge in [0.1, 0.15) is 11.6 Å². The van der Waals surface area contributed by atoms with Crippen molar-refractivity contribution in [3.05, 3.63) is 92.2 Å². The highest BCUT2D eigenvalue weighted by molar-refractivity contribution is 6.65. The Morgan fingerprint density at radius 3 is 1.90 bits per heavy atom. The molecule has 8 heteroatoms. The van der Waals surface area contributed by atoms with E-state index in [1.165, 1.54) is 11.1 Å². The predicted molar refractivity (Wildman–Crippen MR) is 166 cm³/mol. The number of fused-ring (bicyclic) bond motifs is 2. The number of rotatable bonds is 3. The van der Waals surface area contributed by atoms with Gasteiger partial charge in [0.25, 0.3) is 0 Å². The van der Waals surface area contributed by atoms with E-state index in [0.29, 0.717) is 42.9 Å². The van der Waals surface area contributed by atoms with Gasteiger partial charge in [0.15, 0.2) is 0 Å². The number of hydrogen-bond donors (Lipinski definition) is 0. The molecule has 0 bridgehead atoms. The lowest BCUT2D eigenvalue weighted by Crippen LogP contribution is -2.41. The summed E-state index contributed by atoms with van der Waals surface area (Å²) in [5.74, 6) is 0.600. The van der Waals surface area contributed by atoms with Crippen molar-refractivity contribution in [3.8, 4) is 0 Å². The van der Waals surface area contributed by atoms with Crippen molar-refractivity contribution in [1.29, 1.82) is 0 Å². The molecule has 0 saturated carbocycles. The maximum absolute atomic E-state index is 11.7. The lowest BCUT2D eigenvalue weighted by Gasteiger charge is -2.32. The zero-order chi connectivity index (χ0) is 28.7. The molecule has 6 rings (SSSR count). The Hall–Kier alpha value is -2.51. The molecule has 5 nitrogen and oxygen atoms in total. The molecule has 2 aromatic carbocycles. The fourth-order valence-electron chi connectivity index (χ4n) is 5.32. The van der Waals surface area contributed by atoms with Gasteiger partial charge >= 0.3 is 7.12 Å². The van der Waals surface area contributed by atoms with Crippen molar-refractivity contribution in [2.75, 3.05) is 0 Å². The largest absolute Gasteiger partial charge is 0.496 e. The fourth-order valence-corrected chi connectivity index (χ4v) is 5.85. The molecule has 0 amide bonds. The highest BCUT2D eigenvalue weighted by Gasteiger charge is 2.52. The molecule has 0 spiro atoms. The number of Topliss-reactive ketones (excluding diaryl/α,β-unsaturated/α-hetero) is 2. The van der Waals surface area contributed by atoms with E-state index in [0.717, 1.165) is 45.7 Å². The van der Waals surface area contributed by atoms with Crippen LogP contribution in [-0.2, 0) is 51.0 Å². The van der Waals surface area contributed by atoms with Gasteiger partial charge in [-0.3, -0.25) is 14.6 Å². The molecule has 1 aromatic heterocycles. The molecule has 3 aromatic rings. The zero-order valence-corrected chi connectivity index (χ0v) is 25.0. The monoisotopic (exact) mass is 593 g/mol. The summed E-state index contributed by atoms with van der Waals surface area (Å²) in [4.78, 5) is 27.5. The van der Waals surface area contributed by atoms with E-state index in [-0.39, 0.29) is 13.2 Å². The van der Waals surface area contributed by atoms with Crippen LogP contribution in [0.2, 0.25) is 10.0 Å². The molecule has 0 N–H and O–H groups in total. The number of hydrogen-bond acceptors (Lipinski definition) is 5. The van der Waals surface area contributed by atoms with E-state index >= 15 is 0 Å². The third-order valence-electron chi connectivity index (χ3n) is 8.41. The predicted octanol–water partition coefficient (Wildman–Crippen LogP) is 6.72. The molecular weight excluding hydrogens is 556 g/mol. The van der Waals surface area contributed by atoms with Crippen LogP contribution in [0.5, 0.6) is 0 Å². The SMILES string of the molecule is C.CC1(C)OB(c2cc3c(cc2Cl)CCC(=O)C3)OC1(C)C.O=C1CCc2cc(Cl)c(Cc3ccccn3)cc2C1. The highest BCUT2D eigenvalue weighted by Crippen LogP contribution is 2.37. The standard InChI is InChI=1S/C16H20BClO3.C16H14ClNO.CH4/c1-15(2)16(3,4)21-17(20-15)13-8-11-7-12(19)6-5-10(11)9-14(13)18;17-16-10-11-4-5-15(19)9-12(11)7-13(16)8-14-3-1-2-6-18-14;/h8-9H,5-7H2,1-4H3;1-3,6-7,10H,4-5,8-9H2;1H4. The number of ketones is 2. The first-order chi connectivity index (χ1) is 18.9. The second-order valence-electron chi connectivity index (χ2n) is 11.9. The number of benzene rings is 2. The van der Waals surface area contributed by atoms with Crippen LogP contribution in [-0.4, -0.2) is 34.9 Å². The van der Waals surface area contributed by atoms with Gasteiger partial charge in [0, 0.05) is 59.5 Å². The Labute approximate surface area is 254 Å². The summed E-state index contributed by atoms with van der Waals surface area (Å²) in [6, 6.07) is 13.9. The van der Waals surface area contributed by atoms with E-state index in [2.05, 4.69) is 11.1 Å². The lowest BCUT2D eigenvalue weighted by molar-refractivity contribution is -0.119. The molecule has 0 atom stereocenters. The second kappa shape index (κ2) is 12.4. The third-order valence-corrected chi connectivity index (χ3v) is 9.09. The van der Waals surface area contributed by atoms with Crippen LogP contribution in [0, 0.1) is 0 Å². The number of carbonyl (C=O) groups excluding carboxylic acids is 2. The van der Waals surface area contributed by atoms with Crippen LogP contribution in [0.3, 0.4) is 0 Å².